The van der Waals surface area contributed by atoms with E-state index in [0.717, 1.165) is 21.8 Å². The van der Waals surface area contributed by atoms with Crippen molar-refractivity contribution < 1.29 is 4.79 Å². The van der Waals surface area contributed by atoms with Crippen molar-refractivity contribution in [1.29, 1.82) is 5.26 Å². The third-order valence-corrected chi connectivity index (χ3v) is 4.30. The number of amides is 1. The molecule has 4 nitrogen and oxygen atoms in total. The summed E-state index contributed by atoms with van der Waals surface area (Å²) in [6.07, 6.45) is 0.388. The van der Waals surface area contributed by atoms with Crippen LogP contribution in [0, 0.1) is 11.3 Å². The smallest absolute Gasteiger partial charge is 0.228 e. The summed E-state index contributed by atoms with van der Waals surface area (Å²) >= 11 is 7.72. The standard InChI is InChI=1S/C14H10ClN3OS/c15-11-4-12-9(3-14(19)18-12)2-13(11)17-6-10-1-8(5-16)7-20-10/h1-2,4,7,17H,3,6H2,(H,18,19). The van der Waals surface area contributed by atoms with Gasteiger partial charge in [0.1, 0.15) is 6.07 Å². The van der Waals surface area contributed by atoms with Gasteiger partial charge in [0.25, 0.3) is 0 Å². The minimum Gasteiger partial charge on any atom is -0.379 e. The first-order valence-corrected chi connectivity index (χ1v) is 7.25. The van der Waals surface area contributed by atoms with Crippen LogP contribution in [0.2, 0.25) is 5.02 Å². The number of benzene rings is 1. The molecule has 1 aliphatic rings. The molecule has 1 aromatic heterocycles. The molecule has 0 atom stereocenters. The van der Waals surface area contributed by atoms with Gasteiger partial charge in [-0.15, -0.1) is 11.3 Å². The van der Waals surface area contributed by atoms with Gasteiger partial charge in [-0.25, -0.2) is 0 Å². The van der Waals surface area contributed by atoms with Gasteiger partial charge in [-0.2, -0.15) is 5.26 Å². The van der Waals surface area contributed by atoms with Gasteiger partial charge < -0.3 is 10.6 Å². The normalized spacial score (nSPS) is 12.7. The molecule has 0 saturated carbocycles. The van der Waals surface area contributed by atoms with Crippen LogP contribution in [0.3, 0.4) is 0 Å². The molecular weight excluding hydrogens is 294 g/mol. The Bertz CT molecular complexity index is 733. The second kappa shape index (κ2) is 5.16. The molecule has 0 saturated heterocycles. The van der Waals surface area contributed by atoms with Crippen LogP contribution in [0.1, 0.15) is 16.0 Å². The number of thiophene rings is 1. The largest absolute Gasteiger partial charge is 0.379 e. The van der Waals surface area contributed by atoms with E-state index in [1.165, 1.54) is 11.3 Å². The van der Waals surface area contributed by atoms with E-state index in [-0.39, 0.29) is 5.91 Å². The fourth-order valence-electron chi connectivity index (χ4n) is 2.10. The molecule has 0 fully saturated rings. The second-order valence-corrected chi connectivity index (χ2v) is 5.88. The van der Waals surface area contributed by atoms with Crippen molar-refractivity contribution in [1.82, 2.24) is 0 Å². The first-order valence-electron chi connectivity index (χ1n) is 5.99. The van der Waals surface area contributed by atoms with E-state index in [1.54, 1.807) is 6.07 Å². The average molecular weight is 304 g/mol. The number of hydrogen-bond acceptors (Lipinski definition) is 4. The number of halogens is 1. The molecule has 1 amide bonds. The first-order chi connectivity index (χ1) is 9.65. The Balaban J connectivity index is 1.77. The Hall–Kier alpha value is -2.03. The highest BCUT2D eigenvalue weighted by Gasteiger charge is 2.19. The lowest BCUT2D eigenvalue weighted by atomic mass is 10.1. The molecule has 100 valence electrons. The summed E-state index contributed by atoms with van der Waals surface area (Å²) in [7, 11) is 0. The van der Waals surface area contributed by atoms with Crippen LogP contribution in [0.25, 0.3) is 0 Å². The lowest BCUT2D eigenvalue weighted by Gasteiger charge is -2.09. The van der Waals surface area contributed by atoms with E-state index in [2.05, 4.69) is 16.7 Å². The number of anilines is 2. The van der Waals surface area contributed by atoms with Gasteiger partial charge in [0.05, 0.1) is 22.7 Å². The summed E-state index contributed by atoms with van der Waals surface area (Å²) in [4.78, 5) is 12.4. The molecule has 0 aliphatic carbocycles. The van der Waals surface area contributed by atoms with Gasteiger partial charge in [0.2, 0.25) is 5.91 Å². The fraction of sp³-hybridized carbons (Fsp3) is 0.143. The lowest BCUT2D eigenvalue weighted by Crippen LogP contribution is -2.03. The molecule has 0 unspecified atom stereocenters. The van der Waals surface area contributed by atoms with Crippen molar-refractivity contribution in [2.24, 2.45) is 0 Å². The zero-order chi connectivity index (χ0) is 14.1. The van der Waals surface area contributed by atoms with Crippen molar-refractivity contribution in [2.45, 2.75) is 13.0 Å². The molecule has 6 heteroatoms. The van der Waals surface area contributed by atoms with Gasteiger partial charge in [-0.1, -0.05) is 11.6 Å². The van der Waals surface area contributed by atoms with Crippen LogP contribution in [0.5, 0.6) is 0 Å². The molecule has 3 rings (SSSR count). The zero-order valence-electron chi connectivity index (χ0n) is 10.4. The summed E-state index contributed by atoms with van der Waals surface area (Å²) in [5.74, 6) is -0.00913. The van der Waals surface area contributed by atoms with Gasteiger partial charge in [0, 0.05) is 22.5 Å². The van der Waals surface area contributed by atoms with Crippen molar-refractivity contribution in [3.8, 4) is 6.07 Å². The van der Waals surface area contributed by atoms with Gasteiger partial charge in [0.15, 0.2) is 0 Å². The summed E-state index contributed by atoms with van der Waals surface area (Å²) in [5, 5.41) is 17.2. The lowest BCUT2D eigenvalue weighted by molar-refractivity contribution is -0.115. The molecular formula is C14H10ClN3OS. The van der Waals surface area contributed by atoms with E-state index in [4.69, 9.17) is 16.9 Å². The molecule has 0 radical (unpaired) electrons. The van der Waals surface area contributed by atoms with Crippen molar-refractivity contribution in [2.75, 3.05) is 10.6 Å². The highest BCUT2D eigenvalue weighted by molar-refractivity contribution is 7.10. The molecule has 1 aromatic carbocycles. The van der Waals surface area contributed by atoms with E-state index < -0.39 is 0 Å². The Labute approximate surface area is 125 Å². The number of rotatable bonds is 3. The van der Waals surface area contributed by atoms with Crippen LogP contribution in [0.4, 0.5) is 11.4 Å². The van der Waals surface area contributed by atoms with Crippen molar-refractivity contribution in [3.63, 3.8) is 0 Å². The number of nitriles is 1. The summed E-state index contributed by atoms with van der Waals surface area (Å²) in [6.45, 7) is 0.603. The quantitative estimate of drug-likeness (QED) is 0.913. The van der Waals surface area contributed by atoms with Crippen LogP contribution < -0.4 is 10.6 Å². The number of carbonyl (C=O) groups is 1. The summed E-state index contributed by atoms with van der Waals surface area (Å²) in [6, 6.07) is 7.62. The van der Waals surface area contributed by atoms with Crippen molar-refractivity contribution in [3.05, 3.63) is 44.6 Å². The third-order valence-electron chi connectivity index (χ3n) is 3.05. The summed E-state index contributed by atoms with van der Waals surface area (Å²) < 4.78 is 0. The Morgan fingerprint density at radius 3 is 3.05 bits per heavy atom. The van der Waals surface area contributed by atoms with Gasteiger partial charge >= 0.3 is 0 Å². The molecule has 2 aromatic rings. The Morgan fingerprint density at radius 1 is 1.45 bits per heavy atom. The average Bonchev–Trinajstić information content (AvgIpc) is 3.01. The SMILES string of the molecule is N#Cc1csc(CNc2cc3c(cc2Cl)NC(=O)C3)c1. The number of nitrogens with one attached hydrogen (secondary N) is 2. The van der Waals surface area contributed by atoms with Crippen LogP contribution in [0.15, 0.2) is 23.6 Å². The molecule has 20 heavy (non-hydrogen) atoms. The number of fused-ring (bicyclic) bond motifs is 1. The predicted octanol–water partition coefficient (Wildman–Crippen LogP) is 3.38. The van der Waals surface area contributed by atoms with Crippen molar-refractivity contribution >= 4 is 40.2 Å². The predicted molar refractivity (Wildman–Crippen MR) is 80.1 cm³/mol. The van der Waals surface area contributed by atoms with E-state index >= 15 is 0 Å². The van der Waals surface area contributed by atoms with Crippen LogP contribution >= 0.6 is 22.9 Å². The first kappa shape index (κ1) is 13.0. The van der Waals surface area contributed by atoms with Crippen LogP contribution in [-0.4, -0.2) is 5.91 Å². The molecule has 2 N–H and O–H groups in total. The monoisotopic (exact) mass is 303 g/mol. The highest BCUT2D eigenvalue weighted by atomic mass is 35.5. The minimum absolute atomic E-state index is 0.00913. The van der Waals surface area contributed by atoms with E-state index in [1.807, 2.05) is 17.5 Å². The minimum atomic E-state index is -0.00913. The third kappa shape index (κ3) is 2.48. The zero-order valence-corrected chi connectivity index (χ0v) is 11.9. The second-order valence-electron chi connectivity index (χ2n) is 4.48. The van der Waals surface area contributed by atoms with Crippen LogP contribution in [-0.2, 0) is 17.8 Å². The van der Waals surface area contributed by atoms with Gasteiger partial charge in [-0.05, 0) is 23.8 Å². The topological polar surface area (TPSA) is 64.9 Å². The maximum Gasteiger partial charge on any atom is 0.228 e. The number of hydrogen-bond donors (Lipinski definition) is 2. The Kier molecular flexibility index (Phi) is 3.35. The molecule has 1 aliphatic heterocycles. The Morgan fingerprint density at radius 2 is 2.30 bits per heavy atom. The maximum absolute atomic E-state index is 11.3. The van der Waals surface area contributed by atoms with E-state index in [0.29, 0.717) is 23.6 Å². The highest BCUT2D eigenvalue weighted by Crippen LogP contribution is 2.33. The molecule has 0 spiro atoms. The summed E-state index contributed by atoms with van der Waals surface area (Å²) in [5.41, 5.74) is 3.20. The van der Waals surface area contributed by atoms with Gasteiger partial charge in [-0.3, -0.25) is 4.79 Å². The number of carbonyl (C=O) groups excluding carboxylic acids is 1. The number of nitrogens with zero attached hydrogens (tertiary/aromatic N) is 1. The molecule has 2 heterocycles. The maximum atomic E-state index is 11.3. The van der Waals surface area contributed by atoms with E-state index in [9.17, 15) is 4.79 Å². The molecule has 0 bridgehead atoms. The fourth-order valence-corrected chi connectivity index (χ4v) is 3.08.